The van der Waals surface area contributed by atoms with Crippen LogP contribution in [0.3, 0.4) is 0 Å². The molecule has 1 aliphatic heterocycles. The number of ether oxygens (including phenoxy) is 2. The van der Waals surface area contributed by atoms with Crippen molar-refractivity contribution in [1.29, 1.82) is 5.26 Å². The second-order valence-electron chi connectivity index (χ2n) is 7.10. The smallest absolute Gasteiger partial charge is 0.331 e. The third-order valence-electron chi connectivity index (χ3n) is 4.99. The molecule has 0 radical (unpaired) electrons. The Labute approximate surface area is 190 Å². The van der Waals surface area contributed by atoms with Gasteiger partial charge in [-0.15, -0.1) is 0 Å². The number of amides is 1. The lowest BCUT2D eigenvalue weighted by molar-refractivity contribution is -0.384. The van der Waals surface area contributed by atoms with Gasteiger partial charge in [-0.05, 0) is 35.9 Å². The van der Waals surface area contributed by atoms with Crippen molar-refractivity contribution in [2.24, 2.45) is 0 Å². The number of piperazine rings is 1. The van der Waals surface area contributed by atoms with Crippen molar-refractivity contribution in [3.8, 4) is 11.8 Å². The number of anilines is 1. The van der Waals surface area contributed by atoms with Crippen LogP contribution >= 0.6 is 0 Å². The summed E-state index contributed by atoms with van der Waals surface area (Å²) in [6.45, 7) is 1.69. The fourth-order valence-corrected chi connectivity index (χ4v) is 3.23. The normalized spacial score (nSPS) is 13.4. The summed E-state index contributed by atoms with van der Waals surface area (Å²) in [7, 11) is 0. The van der Waals surface area contributed by atoms with Gasteiger partial charge >= 0.3 is 5.97 Å². The number of benzene rings is 2. The van der Waals surface area contributed by atoms with E-state index in [1.165, 1.54) is 18.2 Å². The number of hydrogen-bond acceptors (Lipinski definition) is 8. The van der Waals surface area contributed by atoms with E-state index in [1.807, 2.05) is 11.0 Å². The van der Waals surface area contributed by atoms with Crippen LogP contribution in [0.4, 0.5) is 11.4 Å². The topological polar surface area (TPSA) is 126 Å². The summed E-state index contributed by atoms with van der Waals surface area (Å²) < 4.78 is 10.2. The predicted octanol–water partition coefficient (Wildman–Crippen LogP) is 2.40. The molecule has 0 aromatic heterocycles. The minimum atomic E-state index is -0.627. The summed E-state index contributed by atoms with van der Waals surface area (Å²) in [6.07, 6.45) is 2.80. The monoisotopic (exact) mass is 450 g/mol. The van der Waals surface area contributed by atoms with Crippen molar-refractivity contribution in [2.75, 3.05) is 44.3 Å². The third-order valence-corrected chi connectivity index (χ3v) is 4.99. The van der Waals surface area contributed by atoms with Gasteiger partial charge in [-0.1, -0.05) is 12.1 Å². The van der Waals surface area contributed by atoms with Crippen molar-refractivity contribution in [2.45, 2.75) is 0 Å². The Balaban J connectivity index is 1.41. The molecule has 10 heteroatoms. The summed E-state index contributed by atoms with van der Waals surface area (Å²) in [5, 5.41) is 19.3. The molecule has 1 aliphatic rings. The molecule has 0 spiro atoms. The van der Waals surface area contributed by atoms with E-state index in [0.29, 0.717) is 31.9 Å². The van der Waals surface area contributed by atoms with Crippen molar-refractivity contribution in [3.05, 3.63) is 70.3 Å². The van der Waals surface area contributed by atoms with Crippen molar-refractivity contribution in [1.82, 2.24) is 4.90 Å². The van der Waals surface area contributed by atoms with Crippen LogP contribution in [0.25, 0.3) is 6.08 Å². The van der Waals surface area contributed by atoms with Gasteiger partial charge in [-0.2, -0.15) is 5.26 Å². The van der Waals surface area contributed by atoms with Gasteiger partial charge in [0.25, 0.3) is 11.6 Å². The van der Waals surface area contributed by atoms with E-state index in [0.717, 1.165) is 11.3 Å². The van der Waals surface area contributed by atoms with Crippen LogP contribution in [-0.4, -0.2) is 61.1 Å². The van der Waals surface area contributed by atoms with Gasteiger partial charge in [0.1, 0.15) is 11.8 Å². The highest BCUT2D eigenvalue weighted by Crippen LogP contribution is 2.20. The zero-order valence-electron chi connectivity index (χ0n) is 17.8. The van der Waals surface area contributed by atoms with Crippen LogP contribution in [0.2, 0.25) is 0 Å². The van der Waals surface area contributed by atoms with Gasteiger partial charge in [-0.3, -0.25) is 14.9 Å². The molecule has 1 saturated heterocycles. The number of nitriles is 1. The van der Waals surface area contributed by atoms with Gasteiger partial charge < -0.3 is 19.3 Å². The standard InChI is InChI=1S/C23H22N4O6/c24-11-16-32-21-8-1-18(2-9-21)3-10-23(29)33-17-22(28)26-14-12-25(13-15-26)19-4-6-20(7-5-19)27(30)31/h1-10H,12-17H2/b10-3+. The Hall–Kier alpha value is -4.39. The lowest BCUT2D eigenvalue weighted by Gasteiger charge is -2.36. The summed E-state index contributed by atoms with van der Waals surface area (Å²) in [5.74, 6) is -0.354. The SMILES string of the molecule is N#CCOc1ccc(/C=C/C(=O)OCC(=O)N2CCN(c3ccc([N+](=O)[O-])cc3)CC2)cc1. The molecule has 3 rings (SSSR count). The first-order valence-corrected chi connectivity index (χ1v) is 10.2. The number of nitro groups is 1. The van der Waals surface area contributed by atoms with Crippen LogP contribution < -0.4 is 9.64 Å². The van der Waals surface area contributed by atoms with E-state index in [4.69, 9.17) is 14.7 Å². The van der Waals surface area contributed by atoms with Crippen LogP contribution in [0, 0.1) is 21.4 Å². The number of carbonyl (C=O) groups excluding carboxylic acids is 2. The number of esters is 1. The maximum absolute atomic E-state index is 12.4. The number of nitro benzene ring substituents is 1. The Kier molecular flexibility index (Phi) is 7.96. The van der Waals surface area contributed by atoms with Gasteiger partial charge in [0, 0.05) is 50.1 Å². The average molecular weight is 450 g/mol. The zero-order valence-corrected chi connectivity index (χ0v) is 17.8. The minimum absolute atomic E-state index is 0.0325. The summed E-state index contributed by atoms with van der Waals surface area (Å²) in [4.78, 5) is 38.3. The maximum Gasteiger partial charge on any atom is 0.331 e. The fourth-order valence-electron chi connectivity index (χ4n) is 3.23. The van der Waals surface area contributed by atoms with E-state index in [1.54, 1.807) is 47.4 Å². The molecule has 0 saturated carbocycles. The molecule has 0 atom stereocenters. The summed E-state index contributed by atoms with van der Waals surface area (Å²) >= 11 is 0. The van der Waals surface area contributed by atoms with Gasteiger partial charge in [-0.25, -0.2) is 4.79 Å². The zero-order chi connectivity index (χ0) is 23.6. The first kappa shape index (κ1) is 23.3. The summed E-state index contributed by atoms with van der Waals surface area (Å²) in [5.41, 5.74) is 1.63. The highest BCUT2D eigenvalue weighted by atomic mass is 16.6. The first-order valence-electron chi connectivity index (χ1n) is 10.2. The van der Waals surface area contributed by atoms with E-state index >= 15 is 0 Å². The molecular weight excluding hydrogens is 428 g/mol. The molecule has 0 bridgehead atoms. The molecule has 33 heavy (non-hydrogen) atoms. The van der Waals surface area contributed by atoms with E-state index in [9.17, 15) is 19.7 Å². The fraction of sp³-hybridized carbons (Fsp3) is 0.261. The third kappa shape index (κ3) is 6.80. The van der Waals surface area contributed by atoms with Gasteiger partial charge in [0.15, 0.2) is 13.2 Å². The van der Waals surface area contributed by atoms with Crippen LogP contribution in [0.15, 0.2) is 54.6 Å². The Morgan fingerprint density at radius 3 is 2.33 bits per heavy atom. The number of rotatable bonds is 8. The average Bonchev–Trinajstić information content (AvgIpc) is 2.85. The lowest BCUT2D eigenvalue weighted by atomic mass is 10.2. The summed E-state index contributed by atoms with van der Waals surface area (Å²) in [6, 6.07) is 15.0. The van der Waals surface area contributed by atoms with Crippen LogP contribution in [0.5, 0.6) is 5.75 Å². The molecule has 1 heterocycles. The van der Waals surface area contributed by atoms with Crippen molar-refractivity contribution < 1.29 is 24.0 Å². The van der Waals surface area contributed by atoms with Crippen molar-refractivity contribution >= 4 is 29.3 Å². The second kappa shape index (κ2) is 11.3. The molecule has 1 fully saturated rings. The van der Waals surface area contributed by atoms with E-state index in [-0.39, 0.29) is 24.8 Å². The predicted molar refractivity (Wildman–Crippen MR) is 119 cm³/mol. The van der Waals surface area contributed by atoms with Crippen LogP contribution in [0.1, 0.15) is 5.56 Å². The molecule has 2 aromatic rings. The molecule has 0 unspecified atom stereocenters. The highest BCUT2D eigenvalue weighted by molar-refractivity contribution is 5.89. The molecular formula is C23H22N4O6. The van der Waals surface area contributed by atoms with Crippen LogP contribution in [-0.2, 0) is 14.3 Å². The van der Waals surface area contributed by atoms with Crippen molar-refractivity contribution in [3.63, 3.8) is 0 Å². The number of hydrogen-bond donors (Lipinski definition) is 0. The minimum Gasteiger partial charge on any atom is -0.479 e. The van der Waals surface area contributed by atoms with E-state index < -0.39 is 10.9 Å². The van der Waals surface area contributed by atoms with Gasteiger partial charge in [0.2, 0.25) is 0 Å². The Morgan fingerprint density at radius 1 is 1.06 bits per heavy atom. The maximum atomic E-state index is 12.4. The molecule has 0 N–H and O–H groups in total. The quantitative estimate of drug-likeness (QED) is 0.260. The largest absolute Gasteiger partial charge is 0.479 e. The lowest BCUT2D eigenvalue weighted by Crippen LogP contribution is -2.49. The second-order valence-corrected chi connectivity index (χ2v) is 7.10. The number of nitrogens with zero attached hydrogens (tertiary/aromatic N) is 4. The Morgan fingerprint density at radius 2 is 1.73 bits per heavy atom. The molecule has 1 amide bonds. The highest BCUT2D eigenvalue weighted by Gasteiger charge is 2.22. The molecule has 2 aromatic carbocycles. The molecule has 170 valence electrons. The van der Waals surface area contributed by atoms with E-state index in [2.05, 4.69) is 0 Å². The Bertz CT molecular complexity index is 1050. The molecule has 0 aliphatic carbocycles. The van der Waals surface area contributed by atoms with Gasteiger partial charge in [0.05, 0.1) is 4.92 Å². The number of non-ortho nitro benzene ring substituents is 1. The molecule has 10 nitrogen and oxygen atoms in total. The number of carbonyl (C=O) groups is 2. The first-order chi connectivity index (χ1) is 16.0.